The predicted octanol–water partition coefficient (Wildman–Crippen LogP) is 22.3. The maximum Gasteiger partial charge on any atom is 0.306 e. The van der Waals surface area contributed by atoms with Crippen LogP contribution >= 0.6 is 0 Å². The molecule has 0 rings (SSSR count). The monoisotopic (exact) mass is 1090 g/mol. The Hall–Kier alpha value is -4.71. The zero-order valence-corrected chi connectivity index (χ0v) is 51.1. The van der Waals surface area contributed by atoms with Gasteiger partial charge in [0.2, 0.25) is 0 Å². The molecule has 0 fully saturated rings. The van der Waals surface area contributed by atoms with E-state index in [9.17, 15) is 14.4 Å². The van der Waals surface area contributed by atoms with Gasteiger partial charge in [-0.05, 0) is 135 Å². The van der Waals surface area contributed by atoms with Gasteiger partial charge in [-0.25, -0.2) is 0 Å². The van der Waals surface area contributed by atoms with Crippen molar-refractivity contribution < 1.29 is 28.6 Å². The average Bonchev–Trinajstić information content (AvgIpc) is 3.45. The van der Waals surface area contributed by atoms with Crippen molar-refractivity contribution in [2.75, 3.05) is 13.2 Å². The summed E-state index contributed by atoms with van der Waals surface area (Å²) < 4.78 is 16.9. The Labute approximate surface area is 487 Å². The molecular weight excluding hydrogens is 973 g/mol. The summed E-state index contributed by atoms with van der Waals surface area (Å²) in [6, 6.07) is 0. The number of carbonyl (C=O) groups is 3. The molecule has 0 aliphatic rings. The summed E-state index contributed by atoms with van der Waals surface area (Å²) in [5.74, 6) is -0.948. The molecule has 0 radical (unpaired) electrons. The first kappa shape index (κ1) is 74.3. The fourth-order valence-electron chi connectivity index (χ4n) is 8.59. The van der Waals surface area contributed by atoms with Crippen molar-refractivity contribution in [3.8, 4) is 0 Å². The molecule has 0 heterocycles. The molecule has 0 aromatic heterocycles. The van der Waals surface area contributed by atoms with E-state index in [2.05, 4.69) is 167 Å². The molecule has 0 saturated carbocycles. The maximum atomic E-state index is 12.9. The van der Waals surface area contributed by atoms with Crippen LogP contribution in [0.5, 0.6) is 0 Å². The van der Waals surface area contributed by atoms with Gasteiger partial charge in [0.25, 0.3) is 0 Å². The Balaban J connectivity index is 4.39. The molecule has 0 aromatic carbocycles. The van der Waals surface area contributed by atoms with Gasteiger partial charge in [-0.1, -0.05) is 269 Å². The van der Waals surface area contributed by atoms with Crippen molar-refractivity contribution in [3.05, 3.63) is 146 Å². The van der Waals surface area contributed by atoms with Crippen LogP contribution in [0.3, 0.4) is 0 Å². The molecule has 0 amide bonds. The number of hydrogen-bond acceptors (Lipinski definition) is 6. The smallest absolute Gasteiger partial charge is 0.306 e. The minimum Gasteiger partial charge on any atom is -0.462 e. The van der Waals surface area contributed by atoms with Crippen LogP contribution in [-0.4, -0.2) is 37.2 Å². The van der Waals surface area contributed by atoms with E-state index in [1.54, 1.807) is 0 Å². The summed E-state index contributed by atoms with van der Waals surface area (Å²) in [5.41, 5.74) is 0. The SMILES string of the molecule is CC/C=C\C/C=C\C/C=C\C/C=C\CCCCCCCCCCCCCCCCC(=O)OCC(COC(=O)CCCCCC/C=C\C/C=C\C/C=C\C/C=C\CC)OC(=O)CCCCCC/C=C\C/C=C\C/C=C\C/C=C\CC. The molecule has 446 valence electrons. The standard InChI is InChI=1S/C73H118O6/c1-4-7-10-13-16-19-22-25-28-31-32-33-34-35-36-37-38-39-40-43-45-48-51-54-57-60-63-66-72(75)78-69-70(79-73(76)67-64-61-58-55-52-49-46-42-30-27-24-21-18-15-12-9-6-3)68-77-71(74)65-62-59-56-53-50-47-44-41-29-26-23-20-17-14-11-8-5-2/h7-12,16-21,25-30,32-33,44,46-47,49,70H,4-6,13-15,22-24,31,34-43,45,48,50-69H2,1-3H3/b10-7-,11-8-,12-9-,19-16-,20-17-,21-18-,28-25-,29-26-,30-27-,33-32-,47-44-,49-46-. The van der Waals surface area contributed by atoms with Crippen LogP contribution in [0.1, 0.15) is 278 Å². The zero-order valence-electron chi connectivity index (χ0n) is 51.1. The molecule has 1 unspecified atom stereocenters. The van der Waals surface area contributed by atoms with Crippen molar-refractivity contribution in [2.45, 2.75) is 284 Å². The second-order valence-corrected chi connectivity index (χ2v) is 20.9. The molecule has 0 bridgehead atoms. The highest BCUT2D eigenvalue weighted by molar-refractivity contribution is 5.71. The predicted molar refractivity (Wildman–Crippen MR) is 343 cm³/mol. The molecule has 0 N–H and O–H groups in total. The number of rotatable bonds is 57. The minimum absolute atomic E-state index is 0.100. The molecular formula is C73H118O6. The lowest BCUT2D eigenvalue weighted by molar-refractivity contribution is -0.167. The van der Waals surface area contributed by atoms with E-state index < -0.39 is 6.10 Å². The van der Waals surface area contributed by atoms with Crippen molar-refractivity contribution in [1.82, 2.24) is 0 Å². The Morgan fingerprint density at radius 2 is 0.456 bits per heavy atom. The normalized spacial score (nSPS) is 13.1. The highest BCUT2D eigenvalue weighted by Crippen LogP contribution is 2.16. The fraction of sp³-hybridized carbons (Fsp3) is 0.630. The van der Waals surface area contributed by atoms with Gasteiger partial charge in [-0.2, -0.15) is 0 Å². The van der Waals surface area contributed by atoms with Crippen LogP contribution < -0.4 is 0 Å². The summed E-state index contributed by atoms with van der Waals surface area (Å²) in [5, 5.41) is 0. The molecule has 0 aliphatic heterocycles. The Morgan fingerprint density at radius 3 is 0.709 bits per heavy atom. The van der Waals surface area contributed by atoms with E-state index in [4.69, 9.17) is 14.2 Å². The van der Waals surface area contributed by atoms with Crippen molar-refractivity contribution >= 4 is 17.9 Å². The third-order valence-corrected chi connectivity index (χ3v) is 13.3. The topological polar surface area (TPSA) is 78.9 Å². The molecule has 6 nitrogen and oxygen atoms in total. The number of unbranched alkanes of at least 4 members (excludes halogenated alkanes) is 22. The van der Waals surface area contributed by atoms with E-state index in [1.165, 1.54) is 77.0 Å². The highest BCUT2D eigenvalue weighted by Gasteiger charge is 2.19. The second kappa shape index (κ2) is 65.8. The summed E-state index contributed by atoms with van der Waals surface area (Å²) in [4.78, 5) is 38.4. The quantitative estimate of drug-likeness (QED) is 0.0261. The summed E-state index contributed by atoms with van der Waals surface area (Å²) in [6.07, 6.45) is 94.3. The Kier molecular flexibility index (Phi) is 61.9. The van der Waals surface area contributed by atoms with E-state index in [0.29, 0.717) is 12.8 Å². The van der Waals surface area contributed by atoms with Gasteiger partial charge >= 0.3 is 17.9 Å². The molecule has 0 aromatic rings. The van der Waals surface area contributed by atoms with Crippen LogP contribution in [0.25, 0.3) is 0 Å². The number of allylic oxidation sites excluding steroid dienone is 24. The van der Waals surface area contributed by atoms with E-state index in [1.807, 2.05) is 0 Å². The lowest BCUT2D eigenvalue weighted by Gasteiger charge is -2.18. The summed E-state index contributed by atoms with van der Waals surface area (Å²) in [7, 11) is 0. The molecule has 0 saturated heterocycles. The number of carbonyl (C=O) groups excluding carboxylic acids is 3. The van der Waals surface area contributed by atoms with Crippen molar-refractivity contribution in [3.63, 3.8) is 0 Å². The lowest BCUT2D eigenvalue weighted by Crippen LogP contribution is -2.30. The molecule has 6 heteroatoms. The van der Waals surface area contributed by atoms with Crippen LogP contribution in [0.15, 0.2) is 146 Å². The largest absolute Gasteiger partial charge is 0.462 e. The fourth-order valence-corrected chi connectivity index (χ4v) is 8.59. The van der Waals surface area contributed by atoms with Gasteiger partial charge < -0.3 is 14.2 Å². The summed E-state index contributed by atoms with van der Waals surface area (Å²) >= 11 is 0. The van der Waals surface area contributed by atoms with Gasteiger partial charge in [0, 0.05) is 19.3 Å². The van der Waals surface area contributed by atoms with Gasteiger partial charge in [-0.3, -0.25) is 14.4 Å². The van der Waals surface area contributed by atoms with Gasteiger partial charge in [-0.15, -0.1) is 0 Å². The van der Waals surface area contributed by atoms with Crippen LogP contribution in [-0.2, 0) is 28.6 Å². The first-order valence-corrected chi connectivity index (χ1v) is 32.3. The first-order chi connectivity index (χ1) is 39.0. The molecule has 0 aliphatic carbocycles. The number of ether oxygens (including phenoxy) is 3. The second-order valence-electron chi connectivity index (χ2n) is 20.9. The van der Waals surface area contributed by atoms with Crippen molar-refractivity contribution in [2.24, 2.45) is 0 Å². The highest BCUT2D eigenvalue weighted by atomic mass is 16.6. The number of hydrogen-bond donors (Lipinski definition) is 0. The average molecular weight is 1090 g/mol. The molecule has 0 spiro atoms. The van der Waals surface area contributed by atoms with Gasteiger partial charge in [0.15, 0.2) is 6.10 Å². The van der Waals surface area contributed by atoms with Crippen LogP contribution in [0.2, 0.25) is 0 Å². The summed E-state index contributed by atoms with van der Waals surface area (Å²) in [6.45, 7) is 6.27. The Morgan fingerprint density at radius 1 is 0.253 bits per heavy atom. The maximum absolute atomic E-state index is 12.9. The minimum atomic E-state index is -0.809. The molecule has 1 atom stereocenters. The molecule has 79 heavy (non-hydrogen) atoms. The van der Waals surface area contributed by atoms with E-state index in [0.717, 1.165) is 161 Å². The lowest BCUT2D eigenvalue weighted by atomic mass is 10.0. The number of esters is 3. The van der Waals surface area contributed by atoms with Crippen molar-refractivity contribution in [1.29, 1.82) is 0 Å². The first-order valence-electron chi connectivity index (χ1n) is 32.3. The third kappa shape index (κ3) is 64.0. The van der Waals surface area contributed by atoms with E-state index >= 15 is 0 Å². The van der Waals surface area contributed by atoms with E-state index in [-0.39, 0.29) is 37.5 Å². The Bertz CT molecular complexity index is 1730. The third-order valence-electron chi connectivity index (χ3n) is 13.3. The van der Waals surface area contributed by atoms with Gasteiger partial charge in [0.1, 0.15) is 13.2 Å². The zero-order chi connectivity index (χ0) is 57.1. The van der Waals surface area contributed by atoms with Crippen LogP contribution in [0, 0.1) is 0 Å². The van der Waals surface area contributed by atoms with Crippen LogP contribution in [0.4, 0.5) is 0 Å². The van der Waals surface area contributed by atoms with Gasteiger partial charge in [0.05, 0.1) is 0 Å².